The summed E-state index contributed by atoms with van der Waals surface area (Å²) in [4.78, 5) is 59.7. The van der Waals surface area contributed by atoms with E-state index >= 15 is 0 Å². The van der Waals surface area contributed by atoms with Crippen LogP contribution in [-0.2, 0) is 56.1 Å². The maximum Gasteiger partial charge on any atom is 0.326 e. The van der Waals surface area contributed by atoms with Crippen molar-refractivity contribution < 1.29 is 29.0 Å². The third-order valence-electron chi connectivity index (χ3n) is 12.9. The zero-order valence-electron chi connectivity index (χ0n) is 39.4. The molecule has 3 atom stereocenters. The van der Waals surface area contributed by atoms with Crippen LogP contribution < -0.4 is 15.5 Å². The molecule has 0 bridgehead atoms. The van der Waals surface area contributed by atoms with Gasteiger partial charge in [0.15, 0.2) is 0 Å². The Balaban J connectivity index is 0.000000157. The van der Waals surface area contributed by atoms with Gasteiger partial charge in [-0.1, -0.05) is 109 Å². The second-order valence-corrected chi connectivity index (χ2v) is 18.8. The number of esters is 1. The van der Waals surface area contributed by atoms with E-state index in [2.05, 4.69) is 72.3 Å². The molecular formula is C55H58ClN7O6S. The van der Waals surface area contributed by atoms with E-state index < -0.39 is 30.1 Å². The van der Waals surface area contributed by atoms with Gasteiger partial charge in [-0.2, -0.15) is 4.37 Å². The van der Waals surface area contributed by atoms with Crippen molar-refractivity contribution in [3.63, 3.8) is 0 Å². The van der Waals surface area contributed by atoms with E-state index in [1.807, 2.05) is 91.1 Å². The van der Waals surface area contributed by atoms with E-state index in [4.69, 9.17) is 16.3 Å². The average Bonchev–Trinajstić information content (AvgIpc) is 3.99. The number of carboxylic acids is 1. The molecule has 2 amide bonds. The van der Waals surface area contributed by atoms with Gasteiger partial charge in [0.2, 0.25) is 11.8 Å². The van der Waals surface area contributed by atoms with Crippen molar-refractivity contribution in [3.8, 4) is 0 Å². The molecule has 3 aliphatic heterocycles. The molecule has 0 aliphatic carbocycles. The van der Waals surface area contributed by atoms with Crippen LogP contribution in [-0.4, -0.2) is 105 Å². The van der Waals surface area contributed by atoms with Crippen LogP contribution >= 0.6 is 23.1 Å². The molecule has 15 heteroatoms. The van der Waals surface area contributed by atoms with Gasteiger partial charge in [0, 0.05) is 73.4 Å². The summed E-state index contributed by atoms with van der Waals surface area (Å²) in [5, 5.41) is 18.9. The number of para-hydroxylation sites is 1. The molecule has 362 valence electrons. The Morgan fingerprint density at radius 3 is 2.36 bits per heavy atom. The number of amides is 2. The molecule has 3 aliphatic rings. The molecule has 2 unspecified atom stereocenters. The number of carbonyl (C=O) groups is 4. The monoisotopic (exact) mass is 979 g/mol. The van der Waals surface area contributed by atoms with Crippen LogP contribution in [0.15, 0.2) is 134 Å². The van der Waals surface area contributed by atoms with Crippen molar-refractivity contribution in [1.82, 2.24) is 24.5 Å². The lowest BCUT2D eigenvalue weighted by Crippen LogP contribution is -2.56. The number of aliphatic carboxylic acids is 1. The Morgan fingerprint density at radius 1 is 0.871 bits per heavy atom. The highest BCUT2D eigenvalue weighted by atomic mass is 35.5. The molecule has 5 heterocycles. The summed E-state index contributed by atoms with van der Waals surface area (Å²) in [6, 6.07) is 39.5. The van der Waals surface area contributed by atoms with Gasteiger partial charge in [-0.15, -0.1) is 0 Å². The van der Waals surface area contributed by atoms with Crippen LogP contribution in [0, 0.1) is 0 Å². The summed E-state index contributed by atoms with van der Waals surface area (Å²) in [5.41, 5.74) is 7.08. The van der Waals surface area contributed by atoms with Crippen molar-refractivity contribution in [2.45, 2.75) is 70.6 Å². The lowest BCUT2D eigenvalue weighted by molar-refractivity contribution is -0.153. The fraction of sp³-hybridized carbons (Fsp3) is 0.309. The number of hydrogen-bond donors (Lipinski definition) is 3. The largest absolute Gasteiger partial charge is 0.480 e. The summed E-state index contributed by atoms with van der Waals surface area (Å²) in [5.74, 6) is -0.623. The molecule has 0 saturated carbocycles. The van der Waals surface area contributed by atoms with Crippen molar-refractivity contribution in [3.05, 3.63) is 166 Å². The number of aryl methyl sites for hydroxylation is 1. The topological polar surface area (TPSA) is 157 Å². The summed E-state index contributed by atoms with van der Waals surface area (Å²) in [6.07, 6.45) is 4.54. The Kier molecular flexibility index (Phi) is 16.9. The van der Waals surface area contributed by atoms with Gasteiger partial charge in [0.05, 0.1) is 29.3 Å². The number of anilines is 2. The lowest BCUT2D eigenvalue weighted by Gasteiger charge is -2.36. The van der Waals surface area contributed by atoms with E-state index in [9.17, 15) is 24.3 Å². The molecule has 1 fully saturated rings. The smallest absolute Gasteiger partial charge is 0.326 e. The number of pyridine rings is 1. The van der Waals surface area contributed by atoms with Crippen LogP contribution in [0.1, 0.15) is 48.1 Å². The van der Waals surface area contributed by atoms with Gasteiger partial charge in [-0.3, -0.25) is 29.6 Å². The van der Waals surface area contributed by atoms with Crippen molar-refractivity contribution >= 4 is 79.4 Å². The van der Waals surface area contributed by atoms with Crippen molar-refractivity contribution in [2.24, 2.45) is 0 Å². The van der Waals surface area contributed by atoms with Crippen molar-refractivity contribution in [1.29, 1.82) is 0 Å². The van der Waals surface area contributed by atoms with E-state index in [0.717, 1.165) is 89.0 Å². The number of rotatable bonds is 13. The number of nitrogens with zero attached hydrogens (tertiary/aromatic N) is 5. The molecule has 0 spiro atoms. The number of piperazine rings is 1. The molecule has 5 aromatic carbocycles. The molecule has 0 radical (unpaired) electrons. The first-order valence-corrected chi connectivity index (χ1v) is 25.0. The van der Waals surface area contributed by atoms with Gasteiger partial charge in [0.25, 0.3) is 0 Å². The van der Waals surface area contributed by atoms with Crippen LogP contribution in [0.2, 0.25) is 5.02 Å². The summed E-state index contributed by atoms with van der Waals surface area (Å²) in [7, 11) is 0. The van der Waals surface area contributed by atoms with Gasteiger partial charge in [-0.25, -0.2) is 4.79 Å². The number of aromatic nitrogens is 2. The van der Waals surface area contributed by atoms with Crippen LogP contribution in [0.25, 0.3) is 21.0 Å². The quantitative estimate of drug-likeness (QED) is 0.0951. The van der Waals surface area contributed by atoms with Crippen molar-refractivity contribution in [2.75, 3.05) is 49.5 Å². The summed E-state index contributed by atoms with van der Waals surface area (Å²) < 4.78 is 11.1. The first-order chi connectivity index (χ1) is 34.0. The zero-order valence-corrected chi connectivity index (χ0v) is 41.0. The molecule has 10 rings (SSSR count). The van der Waals surface area contributed by atoms with E-state index in [1.54, 1.807) is 25.4 Å². The zero-order chi connectivity index (χ0) is 49.0. The predicted octanol–water partition coefficient (Wildman–Crippen LogP) is 8.61. The van der Waals surface area contributed by atoms with Crippen LogP contribution in [0.4, 0.5) is 11.5 Å². The Morgan fingerprint density at radius 2 is 1.59 bits per heavy atom. The highest BCUT2D eigenvalue weighted by Gasteiger charge is 2.37. The van der Waals surface area contributed by atoms with Gasteiger partial charge < -0.3 is 25.0 Å². The first kappa shape index (κ1) is 49.7. The van der Waals surface area contributed by atoms with Gasteiger partial charge in [-0.05, 0) is 103 Å². The predicted molar refractivity (Wildman–Crippen MR) is 277 cm³/mol. The second-order valence-electron chi connectivity index (χ2n) is 17.6. The van der Waals surface area contributed by atoms with E-state index in [1.165, 1.54) is 20.4 Å². The maximum atomic E-state index is 13.3. The fourth-order valence-corrected chi connectivity index (χ4v) is 10.2. The minimum Gasteiger partial charge on any atom is -0.480 e. The maximum absolute atomic E-state index is 13.3. The van der Waals surface area contributed by atoms with Crippen LogP contribution in [0.5, 0.6) is 0 Å². The van der Waals surface area contributed by atoms with E-state index in [-0.39, 0.29) is 31.4 Å². The minimum atomic E-state index is -1.04. The molecule has 3 N–H and O–H groups in total. The molecule has 13 nitrogen and oxygen atoms in total. The number of carboxylic acid groups (broad SMARTS) is 1. The summed E-state index contributed by atoms with van der Waals surface area (Å²) in [6.45, 7) is 8.88. The number of halogens is 1. The highest BCUT2D eigenvalue weighted by Crippen LogP contribution is 2.32. The Bertz CT molecular complexity index is 2860. The average molecular weight is 981 g/mol. The Hall–Kier alpha value is -6.71. The lowest BCUT2D eigenvalue weighted by atomic mass is 9.93. The molecule has 1 saturated heterocycles. The van der Waals surface area contributed by atoms with Gasteiger partial charge in [0.1, 0.15) is 17.9 Å². The molecular weight excluding hydrogens is 922 g/mol. The number of ether oxygens (including phenoxy) is 1. The Labute approximate surface area is 417 Å². The molecule has 7 aromatic rings. The number of fused-ring (bicyclic) bond motifs is 4. The third kappa shape index (κ3) is 12.5. The number of benzene rings is 5. The summed E-state index contributed by atoms with van der Waals surface area (Å²) >= 11 is 8.01. The number of carbonyl (C=O) groups excluding carboxylic acids is 3. The standard InChI is InChI=1S/C25H30N2O5.C21H21ClN4OS.C9H7N/c1-3-32-25(31)21(14-13-18-9-5-4-6-10-18)26-17(2)23(28)27-16-20-12-8-7-11-19(20)15-22(27)24(29)30;22-17-13-18-15(12-20(27)23-18)11-14(17)5-6-25-7-9-26(10-8-25)21-16-3-1-2-4-19(16)28-24-21;1-2-6-9-8(4-1)5-3-7-10-9/h4-12,17,21-22,26H,3,13-16H2,1-2H3,(H,29,30);1-4,11,13H,5-10,12H2,(H,23,27);1-7H/t17?,21?,22-;;/m0../s1. The SMILES string of the molecule is CCOC(=O)C(CCc1ccccc1)NC(C)C(=O)N1Cc2ccccc2C[C@H]1C(=O)O.O=C1Cc2cc(CCN3CCN(c4nsc5ccccc45)CC3)c(Cl)cc2N1.c1ccc2ncccc2c1. The second kappa shape index (κ2) is 23.7. The highest BCUT2D eigenvalue weighted by molar-refractivity contribution is 7.13. The van der Waals surface area contributed by atoms with Gasteiger partial charge >= 0.3 is 11.9 Å². The number of nitrogens with one attached hydrogen (secondary N) is 2. The molecule has 70 heavy (non-hydrogen) atoms. The number of hydrogen-bond acceptors (Lipinski definition) is 11. The first-order valence-electron chi connectivity index (χ1n) is 23.8. The third-order valence-corrected chi connectivity index (χ3v) is 14.1. The molecule has 2 aromatic heterocycles. The van der Waals surface area contributed by atoms with Crippen LogP contribution in [0.3, 0.4) is 0 Å². The fourth-order valence-electron chi connectivity index (χ4n) is 9.13. The normalized spacial score (nSPS) is 16.2. The minimum absolute atomic E-state index is 0.0499. The van der Waals surface area contributed by atoms with E-state index in [0.29, 0.717) is 19.3 Å².